The number of hydrogen-bond donors (Lipinski definition) is 2. The highest BCUT2D eigenvalue weighted by atomic mass is 35.5. The fourth-order valence-electron chi connectivity index (χ4n) is 4.69. The van der Waals surface area contributed by atoms with Crippen molar-refractivity contribution in [3.05, 3.63) is 82.4 Å². The van der Waals surface area contributed by atoms with E-state index in [1.54, 1.807) is 36.5 Å². The molecule has 1 atom stereocenters. The van der Waals surface area contributed by atoms with Crippen LogP contribution in [0.1, 0.15) is 59.6 Å². The fourth-order valence-corrected chi connectivity index (χ4v) is 4.86. The zero-order chi connectivity index (χ0) is 25.9. The number of carbonyl (C=O) groups is 1. The Balaban J connectivity index is 1.59. The minimum atomic E-state index is -0.525. The number of amides is 1. The Morgan fingerprint density at radius 2 is 2.03 bits per heavy atom. The first-order valence-corrected chi connectivity index (χ1v) is 12.6. The van der Waals surface area contributed by atoms with Gasteiger partial charge in [0.1, 0.15) is 22.9 Å². The second-order valence-corrected chi connectivity index (χ2v) is 9.34. The molecule has 192 valence electrons. The van der Waals surface area contributed by atoms with Gasteiger partial charge in [-0.25, -0.2) is 0 Å². The van der Waals surface area contributed by atoms with E-state index in [0.29, 0.717) is 51.4 Å². The Morgan fingerprint density at radius 3 is 2.78 bits per heavy atom. The highest BCUT2D eigenvalue weighted by Gasteiger charge is 2.43. The Bertz CT molecular complexity index is 1400. The predicted octanol–water partition coefficient (Wildman–Crippen LogP) is 6.35. The molecule has 1 aliphatic rings. The van der Waals surface area contributed by atoms with Crippen LogP contribution in [0, 0.1) is 0 Å². The van der Waals surface area contributed by atoms with Crippen molar-refractivity contribution in [3.8, 4) is 28.5 Å². The molecule has 1 amide bonds. The molecule has 1 aliphatic heterocycles. The molecule has 5 rings (SSSR count). The number of nitrogens with zero attached hydrogens (tertiary/aromatic N) is 2. The van der Waals surface area contributed by atoms with Crippen LogP contribution in [0.25, 0.3) is 11.3 Å². The number of furan rings is 1. The number of H-pyrrole nitrogens is 1. The lowest BCUT2D eigenvalue weighted by Crippen LogP contribution is -2.29. The number of nitrogens with one attached hydrogen (secondary N) is 1. The number of aromatic nitrogens is 2. The minimum absolute atomic E-state index is 0.0165. The molecule has 9 heteroatoms. The minimum Gasteiger partial charge on any atom is -0.507 e. The molecule has 0 bridgehead atoms. The molecular formula is C28H28ClN3O5. The van der Waals surface area contributed by atoms with Gasteiger partial charge in [0.2, 0.25) is 0 Å². The zero-order valence-corrected chi connectivity index (χ0v) is 21.4. The first-order valence-electron chi connectivity index (χ1n) is 12.2. The lowest BCUT2D eigenvalue weighted by Gasteiger charge is -2.26. The van der Waals surface area contributed by atoms with Crippen LogP contribution < -0.4 is 9.47 Å². The van der Waals surface area contributed by atoms with Gasteiger partial charge in [0.15, 0.2) is 11.5 Å². The van der Waals surface area contributed by atoms with E-state index < -0.39 is 6.04 Å². The van der Waals surface area contributed by atoms with Crippen molar-refractivity contribution >= 4 is 17.5 Å². The number of phenols is 1. The number of unbranched alkanes of at least 4 members (excludes halogenated alkanes) is 2. The first-order chi connectivity index (χ1) is 18.0. The summed E-state index contributed by atoms with van der Waals surface area (Å²) in [6, 6.07) is 13.5. The third-order valence-electron chi connectivity index (χ3n) is 6.49. The molecule has 3 heterocycles. The third-order valence-corrected chi connectivity index (χ3v) is 6.73. The van der Waals surface area contributed by atoms with Crippen LogP contribution >= 0.6 is 11.6 Å². The van der Waals surface area contributed by atoms with Crippen molar-refractivity contribution in [3.63, 3.8) is 0 Å². The van der Waals surface area contributed by atoms with Crippen LogP contribution in [0.2, 0.25) is 5.02 Å². The van der Waals surface area contributed by atoms with Crippen molar-refractivity contribution in [2.24, 2.45) is 0 Å². The predicted molar refractivity (Wildman–Crippen MR) is 139 cm³/mol. The fraction of sp³-hybridized carbons (Fsp3) is 0.286. The van der Waals surface area contributed by atoms with Gasteiger partial charge in [0.25, 0.3) is 5.91 Å². The molecule has 37 heavy (non-hydrogen) atoms. The molecule has 2 aromatic heterocycles. The second-order valence-electron chi connectivity index (χ2n) is 8.90. The van der Waals surface area contributed by atoms with Gasteiger partial charge in [-0.2, -0.15) is 5.10 Å². The summed E-state index contributed by atoms with van der Waals surface area (Å²) in [5, 5.41) is 18.4. The lowest BCUT2D eigenvalue weighted by molar-refractivity contribution is 0.0716. The molecule has 0 aliphatic carbocycles. The van der Waals surface area contributed by atoms with Crippen LogP contribution in [0.15, 0.2) is 59.2 Å². The molecule has 0 radical (unpaired) electrons. The van der Waals surface area contributed by atoms with Gasteiger partial charge in [-0.1, -0.05) is 37.4 Å². The van der Waals surface area contributed by atoms with Crippen LogP contribution in [0.5, 0.6) is 17.2 Å². The monoisotopic (exact) mass is 521 g/mol. The molecule has 2 N–H and O–H groups in total. The number of fused-ring (bicyclic) bond motifs is 1. The highest BCUT2D eigenvalue weighted by molar-refractivity contribution is 6.31. The molecule has 0 fully saturated rings. The molecule has 4 aromatic rings. The number of halogens is 1. The maximum atomic E-state index is 13.6. The number of methoxy groups -OCH3 is 1. The first kappa shape index (κ1) is 24.8. The van der Waals surface area contributed by atoms with E-state index >= 15 is 0 Å². The van der Waals surface area contributed by atoms with E-state index in [2.05, 4.69) is 17.1 Å². The van der Waals surface area contributed by atoms with Gasteiger partial charge < -0.3 is 23.9 Å². The van der Waals surface area contributed by atoms with Gasteiger partial charge in [0, 0.05) is 16.1 Å². The average Bonchev–Trinajstić information content (AvgIpc) is 3.63. The second kappa shape index (κ2) is 10.6. The van der Waals surface area contributed by atoms with Gasteiger partial charge in [0.05, 0.1) is 32.6 Å². The van der Waals surface area contributed by atoms with Gasteiger partial charge in [-0.05, 0) is 54.4 Å². The molecule has 1 unspecified atom stereocenters. The third kappa shape index (κ3) is 4.76. The number of aromatic amines is 1. The SMILES string of the molecule is CCCCCOc1ccc(C2c3c(-c4cc(Cl)ccc4O)n[nH]c3C(=O)N2Cc2ccco2)cc1OC. The lowest BCUT2D eigenvalue weighted by atomic mass is 9.95. The van der Waals surface area contributed by atoms with E-state index in [-0.39, 0.29) is 18.2 Å². The summed E-state index contributed by atoms with van der Waals surface area (Å²) in [5.74, 6) is 1.65. The largest absolute Gasteiger partial charge is 0.507 e. The number of ether oxygens (including phenoxy) is 2. The molecule has 0 spiro atoms. The normalized spacial score (nSPS) is 14.7. The van der Waals surface area contributed by atoms with Gasteiger partial charge in [-0.3, -0.25) is 9.89 Å². The zero-order valence-electron chi connectivity index (χ0n) is 20.7. The summed E-state index contributed by atoms with van der Waals surface area (Å²) in [5.41, 5.74) is 2.69. The van der Waals surface area contributed by atoms with E-state index in [1.807, 2.05) is 24.3 Å². The van der Waals surface area contributed by atoms with E-state index in [9.17, 15) is 9.90 Å². The summed E-state index contributed by atoms with van der Waals surface area (Å²) >= 11 is 6.24. The molecule has 0 saturated carbocycles. The number of carbonyl (C=O) groups excluding carboxylic acids is 1. The van der Waals surface area contributed by atoms with Crippen LogP contribution in [0.3, 0.4) is 0 Å². The van der Waals surface area contributed by atoms with Crippen molar-refractivity contribution in [2.75, 3.05) is 13.7 Å². The maximum absolute atomic E-state index is 13.6. The summed E-state index contributed by atoms with van der Waals surface area (Å²) in [6.07, 6.45) is 4.74. The number of phenolic OH excluding ortho intramolecular Hbond substituents is 1. The van der Waals surface area contributed by atoms with Crippen molar-refractivity contribution in [1.29, 1.82) is 0 Å². The number of rotatable bonds is 10. The Labute approximate surface area is 219 Å². The van der Waals surface area contributed by atoms with Crippen molar-refractivity contribution in [2.45, 2.75) is 38.8 Å². The summed E-state index contributed by atoms with van der Waals surface area (Å²) in [4.78, 5) is 15.3. The number of benzene rings is 2. The molecular weight excluding hydrogens is 494 g/mol. The van der Waals surface area contributed by atoms with Crippen LogP contribution in [-0.2, 0) is 6.54 Å². The smallest absolute Gasteiger partial charge is 0.273 e. The molecule has 8 nitrogen and oxygen atoms in total. The highest BCUT2D eigenvalue weighted by Crippen LogP contribution is 2.46. The van der Waals surface area contributed by atoms with E-state index in [4.69, 9.17) is 25.5 Å². The van der Waals surface area contributed by atoms with Crippen molar-refractivity contribution < 1.29 is 23.8 Å². The van der Waals surface area contributed by atoms with Crippen molar-refractivity contribution in [1.82, 2.24) is 15.1 Å². The standard InChI is InChI=1S/C28H28ClN3O5/c1-3-4-5-12-37-22-11-8-17(14-23(22)35-2)27-24-25(20-15-18(29)9-10-21(20)33)30-31-26(24)28(34)32(27)16-19-7-6-13-36-19/h6-11,13-15,27,33H,3-5,12,16H2,1-2H3,(H,30,31). The summed E-state index contributed by atoms with van der Waals surface area (Å²) < 4.78 is 17.2. The Hall–Kier alpha value is -3.91. The van der Waals surface area contributed by atoms with Gasteiger partial charge in [-0.15, -0.1) is 0 Å². The Kier molecular flexibility index (Phi) is 7.10. The quantitative estimate of drug-likeness (QED) is 0.236. The van der Waals surface area contributed by atoms with Crippen LogP contribution in [-0.4, -0.2) is 39.8 Å². The van der Waals surface area contributed by atoms with Gasteiger partial charge >= 0.3 is 0 Å². The number of hydrogen-bond acceptors (Lipinski definition) is 6. The average molecular weight is 522 g/mol. The summed E-state index contributed by atoms with van der Waals surface area (Å²) in [7, 11) is 1.59. The van der Waals surface area contributed by atoms with E-state index in [1.165, 1.54) is 6.07 Å². The van der Waals surface area contributed by atoms with Crippen LogP contribution in [0.4, 0.5) is 0 Å². The topological polar surface area (TPSA) is 101 Å². The maximum Gasteiger partial charge on any atom is 0.273 e. The summed E-state index contributed by atoms with van der Waals surface area (Å²) in [6.45, 7) is 2.99. The molecule has 0 saturated heterocycles. The van der Waals surface area contributed by atoms with E-state index in [0.717, 1.165) is 24.8 Å². The number of aromatic hydroxyl groups is 1. The Morgan fingerprint density at radius 1 is 1.16 bits per heavy atom. The molecule has 2 aromatic carbocycles.